The van der Waals surface area contributed by atoms with Crippen molar-refractivity contribution < 1.29 is 14.7 Å². The van der Waals surface area contributed by atoms with Crippen LogP contribution in [0.3, 0.4) is 0 Å². The van der Waals surface area contributed by atoms with Gasteiger partial charge in [0, 0.05) is 6.54 Å². The number of aliphatic hydroxyl groups is 1. The molecule has 1 rings (SSSR count). The van der Waals surface area contributed by atoms with E-state index in [2.05, 4.69) is 0 Å². The zero-order valence-corrected chi connectivity index (χ0v) is 10.3. The predicted octanol–water partition coefficient (Wildman–Crippen LogP) is 0.831. The molecular formula is C12H21NO3. The normalized spacial score (nSPS) is 22.6. The molecular weight excluding hydrogens is 206 g/mol. The molecule has 0 radical (unpaired) electrons. The van der Waals surface area contributed by atoms with Crippen LogP contribution in [0.5, 0.6) is 0 Å². The SMILES string of the molecule is CC(=O)[C@@H]1CCCN1C(=O)C(CO)C(C)C. The molecule has 16 heavy (non-hydrogen) atoms. The summed E-state index contributed by atoms with van der Waals surface area (Å²) in [6, 6.07) is -0.264. The second-order valence-corrected chi connectivity index (χ2v) is 4.83. The Morgan fingerprint density at radius 2 is 2.06 bits per heavy atom. The average molecular weight is 227 g/mol. The lowest BCUT2D eigenvalue weighted by atomic mass is 9.95. The smallest absolute Gasteiger partial charge is 0.228 e. The quantitative estimate of drug-likeness (QED) is 0.774. The number of carbonyl (C=O) groups is 2. The summed E-state index contributed by atoms with van der Waals surface area (Å²) in [7, 11) is 0. The molecule has 0 aromatic carbocycles. The second-order valence-electron chi connectivity index (χ2n) is 4.83. The van der Waals surface area contributed by atoms with E-state index in [1.807, 2.05) is 13.8 Å². The first-order valence-corrected chi connectivity index (χ1v) is 5.90. The van der Waals surface area contributed by atoms with E-state index in [-0.39, 0.29) is 36.2 Å². The number of rotatable bonds is 4. The zero-order chi connectivity index (χ0) is 12.3. The summed E-state index contributed by atoms with van der Waals surface area (Å²) in [6.45, 7) is 5.86. The van der Waals surface area contributed by atoms with Gasteiger partial charge in [-0.2, -0.15) is 0 Å². The maximum atomic E-state index is 12.1. The fourth-order valence-electron chi connectivity index (χ4n) is 2.24. The Morgan fingerprint density at radius 3 is 2.50 bits per heavy atom. The van der Waals surface area contributed by atoms with Crippen LogP contribution in [-0.2, 0) is 9.59 Å². The molecule has 1 fully saturated rings. The molecule has 1 aliphatic rings. The van der Waals surface area contributed by atoms with E-state index in [9.17, 15) is 14.7 Å². The summed E-state index contributed by atoms with van der Waals surface area (Å²) in [4.78, 5) is 25.2. The third-order valence-electron chi connectivity index (χ3n) is 3.32. The van der Waals surface area contributed by atoms with Gasteiger partial charge in [0.15, 0.2) is 5.78 Å². The number of likely N-dealkylation sites (tertiary alicyclic amines) is 1. The van der Waals surface area contributed by atoms with Crippen molar-refractivity contribution in [3.63, 3.8) is 0 Å². The lowest BCUT2D eigenvalue weighted by Gasteiger charge is -2.28. The number of aliphatic hydroxyl groups excluding tert-OH is 1. The van der Waals surface area contributed by atoms with Gasteiger partial charge in [-0.25, -0.2) is 0 Å². The van der Waals surface area contributed by atoms with Crippen molar-refractivity contribution in [1.29, 1.82) is 0 Å². The molecule has 1 amide bonds. The van der Waals surface area contributed by atoms with Crippen molar-refractivity contribution in [3.05, 3.63) is 0 Å². The summed E-state index contributed by atoms with van der Waals surface area (Å²) < 4.78 is 0. The molecule has 2 atom stereocenters. The first-order valence-electron chi connectivity index (χ1n) is 5.90. The highest BCUT2D eigenvalue weighted by molar-refractivity contribution is 5.89. The van der Waals surface area contributed by atoms with Crippen LogP contribution >= 0.6 is 0 Å². The predicted molar refractivity (Wildman–Crippen MR) is 60.8 cm³/mol. The molecule has 1 saturated heterocycles. The summed E-state index contributed by atoms with van der Waals surface area (Å²) in [5.41, 5.74) is 0. The number of carbonyl (C=O) groups excluding carboxylic acids is 2. The maximum absolute atomic E-state index is 12.1. The Hall–Kier alpha value is -0.900. The molecule has 0 aliphatic carbocycles. The molecule has 4 nitrogen and oxygen atoms in total. The summed E-state index contributed by atoms with van der Waals surface area (Å²) in [5.74, 6) is -0.299. The number of amides is 1. The van der Waals surface area contributed by atoms with Crippen molar-refractivity contribution in [2.45, 2.75) is 39.7 Å². The molecule has 1 heterocycles. The van der Waals surface area contributed by atoms with Crippen LogP contribution in [0.2, 0.25) is 0 Å². The van der Waals surface area contributed by atoms with Gasteiger partial charge < -0.3 is 10.0 Å². The highest BCUT2D eigenvalue weighted by Crippen LogP contribution is 2.23. The number of nitrogens with zero attached hydrogens (tertiary/aromatic N) is 1. The molecule has 1 unspecified atom stereocenters. The van der Waals surface area contributed by atoms with Gasteiger partial charge in [0.05, 0.1) is 18.6 Å². The van der Waals surface area contributed by atoms with Gasteiger partial charge in [-0.05, 0) is 25.7 Å². The lowest BCUT2D eigenvalue weighted by Crippen LogP contribution is -2.45. The minimum atomic E-state index is -0.375. The number of hydrogen-bond donors (Lipinski definition) is 1. The van der Waals surface area contributed by atoms with Crippen LogP contribution in [0.25, 0.3) is 0 Å². The Bertz CT molecular complexity index is 275. The Kier molecular flexibility index (Phi) is 4.47. The van der Waals surface area contributed by atoms with Crippen LogP contribution < -0.4 is 0 Å². The highest BCUT2D eigenvalue weighted by atomic mass is 16.3. The van der Waals surface area contributed by atoms with Crippen molar-refractivity contribution >= 4 is 11.7 Å². The molecule has 0 aromatic heterocycles. The third kappa shape index (κ3) is 2.61. The van der Waals surface area contributed by atoms with Crippen molar-refractivity contribution in [2.24, 2.45) is 11.8 Å². The number of hydrogen-bond acceptors (Lipinski definition) is 3. The third-order valence-corrected chi connectivity index (χ3v) is 3.32. The topological polar surface area (TPSA) is 57.6 Å². The largest absolute Gasteiger partial charge is 0.396 e. The Labute approximate surface area is 96.6 Å². The van der Waals surface area contributed by atoms with Crippen molar-refractivity contribution in [3.8, 4) is 0 Å². The first-order chi connectivity index (χ1) is 7.49. The monoisotopic (exact) mass is 227 g/mol. The van der Waals surface area contributed by atoms with Gasteiger partial charge in [-0.3, -0.25) is 9.59 Å². The minimum Gasteiger partial charge on any atom is -0.396 e. The van der Waals surface area contributed by atoms with E-state index in [4.69, 9.17) is 0 Å². The minimum absolute atomic E-state index is 0.0475. The van der Waals surface area contributed by atoms with Crippen LogP contribution in [0.15, 0.2) is 0 Å². The van der Waals surface area contributed by atoms with Gasteiger partial charge >= 0.3 is 0 Å². The van der Waals surface area contributed by atoms with E-state index in [0.29, 0.717) is 6.54 Å². The van der Waals surface area contributed by atoms with E-state index < -0.39 is 0 Å². The van der Waals surface area contributed by atoms with E-state index in [1.165, 1.54) is 6.92 Å². The summed E-state index contributed by atoms with van der Waals surface area (Å²) in [5, 5.41) is 9.22. The molecule has 0 spiro atoms. The highest BCUT2D eigenvalue weighted by Gasteiger charge is 2.35. The van der Waals surface area contributed by atoms with Crippen LogP contribution in [-0.4, -0.2) is 40.9 Å². The molecule has 92 valence electrons. The lowest BCUT2D eigenvalue weighted by molar-refractivity contribution is -0.142. The van der Waals surface area contributed by atoms with E-state index >= 15 is 0 Å². The summed E-state index contributed by atoms with van der Waals surface area (Å²) >= 11 is 0. The van der Waals surface area contributed by atoms with Crippen LogP contribution in [0, 0.1) is 11.8 Å². The fourth-order valence-corrected chi connectivity index (χ4v) is 2.24. The van der Waals surface area contributed by atoms with Crippen LogP contribution in [0.1, 0.15) is 33.6 Å². The molecule has 0 aromatic rings. The Balaban J connectivity index is 2.75. The van der Waals surface area contributed by atoms with Gasteiger partial charge in [0.1, 0.15) is 0 Å². The van der Waals surface area contributed by atoms with Gasteiger partial charge in [-0.1, -0.05) is 13.8 Å². The van der Waals surface area contributed by atoms with Crippen molar-refractivity contribution in [2.75, 3.05) is 13.2 Å². The van der Waals surface area contributed by atoms with Gasteiger partial charge in [-0.15, -0.1) is 0 Å². The molecule has 0 bridgehead atoms. The van der Waals surface area contributed by atoms with Crippen molar-refractivity contribution in [1.82, 2.24) is 4.90 Å². The molecule has 1 aliphatic heterocycles. The summed E-state index contributed by atoms with van der Waals surface area (Å²) in [6.07, 6.45) is 1.64. The molecule has 4 heteroatoms. The van der Waals surface area contributed by atoms with E-state index in [0.717, 1.165) is 12.8 Å². The standard InChI is InChI=1S/C12H21NO3/c1-8(2)10(7-14)12(16)13-6-4-5-11(13)9(3)15/h8,10-11,14H,4-7H2,1-3H3/t10?,11-/m0/s1. The zero-order valence-electron chi connectivity index (χ0n) is 10.3. The second kappa shape index (κ2) is 5.43. The maximum Gasteiger partial charge on any atom is 0.228 e. The van der Waals surface area contributed by atoms with Crippen LogP contribution in [0.4, 0.5) is 0 Å². The van der Waals surface area contributed by atoms with Gasteiger partial charge in [0.2, 0.25) is 5.91 Å². The van der Waals surface area contributed by atoms with E-state index in [1.54, 1.807) is 4.90 Å². The molecule has 1 N–H and O–H groups in total. The number of Topliss-reactive ketones (excluding diaryl/α,β-unsaturated/α-hetero) is 1. The number of ketones is 1. The average Bonchev–Trinajstić information content (AvgIpc) is 2.65. The fraction of sp³-hybridized carbons (Fsp3) is 0.833. The Morgan fingerprint density at radius 1 is 1.44 bits per heavy atom. The molecule has 0 saturated carbocycles. The van der Waals surface area contributed by atoms with Gasteiger partial charge in [0.25, 0.3) is 0 Å². The first kappa shape index (κ1) is 13.2.